The molecule has 4 nitrogen and oxygen atoms in total. The molecule has 0 fully saturated rings. The number of aliphatic hydroxyl groups is 1. The number of phenols is 1. The lowest BCUT2D eigenvalue weighted by atomic mass is 9.78. The predicted octanol–water partition coefficient (Wildman–Crippen LogP) is 2.93. The van der Waals surface area contributed by atoms with Crippen molar-refractivity contribution in [3.63, 3.8) is 0 Å². The fourth-order valence-corrected chi connectivity index (χ4v) is 2.67. The van der Waals surface area contributed by atoms with E-state index < -0.39 is 7.12 Å². The summed E-state index contributed by atoms with van der Waals surface area (Å²) in [5, 5.41) is 28.8. The van der Waals surface area contributed by atoms with E-state index in [1.54, 1.807) is 12.1 Å². The molecule has 0 spiro atoms. The molecule has 1 aliphatic heterocycles. The van der Waals surface area contributed by atoms with Crippen LogP contribution in [0.5, 0.6) is 5.75 Å². The lowest BCUT2D eigenvalue weighted by molar-refractivity contribution is 0.180. The molecular formula is C18H23BO4. The van der Waals surface area contributed by atoms with E-state index in [1.807, 2.05) is 31.2 Å². The number of aromatic hydroxyl groups is 1. The minimum absolute atomic E-state index is 0.117. The quantitative estimate of drug-likeness (QED) is 0.706. The number of benzene rings is 1. The fourth-order valence-electron chi connectivity index (χ4n) is 2.67. The second-order valence-corrected chi connectivity index (χ2v) is 5.82. The molecule has 1 aliphatic rings. The molecule has 1 unspecified atom stereocenters. The van der Waals surface area contributed by atoms with Crippen molar-refractivity contribution >= 4 is 13.2 Å². The van der Waals surface area contributed by atoms with E-state index in [4.69, 9.17) is 4.65 Å². The Morgan fingerprint density at radius 1 is 1.43 bits per heavy atom. The topological polar surface area (TPSA) is 69.9 Å². The highest BCUT2D eigenvalue weighted by molar-refractivity contribution is 6.43. The Morgan fingerprint density at radius 2 is 2.17 bits per heavy atom. The van der Waals surface area contributed by atoms with Crippen LogP contribution in [0.25, 0.3) is 6.08 Å². The lowest BCUT2D eigenvalue weighted by Gasteiger charge is -2.27. The van der Waals surface area contributed by atoms with Gasteiger partial charge in [-0.2, -0.15) is 0 Å². The van der Waals surface area contributed by atoms with E-state index in [0.29, 0.717) is 18.3 Å². The van der Waals surface area contributed by atoms with Gasteiger partial charge in [0.2, 0.25) is 0 Å². The average Bonchev–Trinajstić information content (AvgIpc) is 2.54. The van der Waals surface area contributed by atoms with Gasteiger partial charge in [0.15, 0.2) is 0 Å². The van der Waals surface area contributed by atoms with E-state index in [1.165, 1.54) is 0 Å². The summed E-state index contributed by atoms with van der Waals surface area (Å²) in [6.07, 6.45) is 5.40. The summed E-state index contributed by atoms with van der Waals surface area (Å²) >= 11 is 0. The molecule has 122 valence electrons. The number of hydrogen-bond acceptors (Lipinski definition) is 4. The lowest BCUT2D eigenvalue weighted by Crippen LogP contribution is -2.32. The summed E-state index contributed by atoms with van der Waals surface area (Å²) in [4.78, 5) is 0. The van der Waals surface area contributed by atoms with E-state index in [0.717, 1.165) is 23.1 Å². The normalized spacial score (nSPS) is 18.7. The average molecular weight is 314 g/mol. The summed E-state index contributed by atoms with van der Waals surface area (Å²) in [5.74, 6) is 0.255. The summed E-state index contributed by atoms with van der Waals surface area (Å²) in [7, 11) is -0.808. The Kier molecular flexibility index (Phi) is 6.22. The second kappa shape index (κ2) is 8.15. The van der Waals surface area contributed by atoms with Crippen LogP contribution in [0.2, 0.25) is 6.32 Å². The van der Waals surface area contributed by atoms with Gasteiger partial charge in [-0.1, -0.05) is 42.5 Å². The molecule has 0 aliphatic carbocycles. The van der Waals surface area contributed by atoms with Crippen molar-refractivity contribution in [3.8, 4) is 5.75 Å². The van der Waals surface area contributed by atoms with Crippen molar-refractivity contribution in [2.75, 3.05) is 6.61 Å². The fraction of sp³-hybridized carbons (Fsp3) is 0.333. The van der Waals surface area contributed by atoms with Crippen molar-refractivity contribution in [1.29, 1.82) is 0 Å². The van der Waals surface area contributed by atoms with Gasteiger partial charge in [0, 0.05) is 11.9 Å². The van der Waals surface area contributed by atoms with Gasteiger partial charge >= 0.3 is 7.12 Å². The van der Waals surface area contributed by atoms with Crippen molar-refractivity contribution in [2.24, 2.45) is 0 Å². The monoisotopic (exact) mass is 314 g/mol. The molecule has 3 N–H and O–H groups in total. The molecule has 0 aromatic heterocycles. The second-order valence-electron chi connectivity index (χ2n) is 5.82. The minimum Gasteiger partial charge on any atom is -0.507 e. The molecule has 1 heterocycles. The first-order valence-corrected chi connectivity index (χ1v) is 7.79. The van der Waals surface area contributed by atoms with Gasteiger partial charge in [0.25, 0.3) is 0 Å². The molecule has 5 heteroatoms. The van der Waals surface area contributed by atoms with Gasteiger partial charge in [-0.25, -0.2) is 0 Å². The number of allylic oxidation sites excluding steroid dienone is 2. The van der Waals surface area contributed by atoms with Crippen LogP contribution in [-0.4, -0.2) is 35.1 Å². The zero-order valence-electron chi connectivity index (χ0n) is 13.4. The third-order valence-electron chi connectivity index (χ3n) is 3.95. The molecule has 2 rings (SSSR count). The van der Waals surface area contributed by atoms with E-state index >= 15 is 0 Å². The molecule has 0 saturated heterocycles. The molecule has 23 heavy (non-hydrogen) atoms. The van der Waals surface area contributed by atoms with Crippen LogP contribution < -0.4 is 0 Å². The maximum absolute atomic E-state index is 9.81. The number of para-hydroxylation sites is 1. The van der Waals surface area contributed by atoms with Gasteiger partial charge < -0.3 is 19.9 Å². The Labute approximate surface area is 137 Å². The first-order valence-electron chi connectivity index (χ1n) is 7.79. The first kappa shape index (κ1) is 17.5. The molecule has 0 amide bonds. The van der Waals surface area contributed by atoms with E-state index in [9.17, 15) is 15.2 Å². The van der Waals surface area contributed by atoms with Crippen LogP contribution in [0.4, 0.5) is 0 Å². The Balaban J connectivity index is 2.03. The largest absolute Gasteiger partial charge is 0.507 e. The third-order valence-corrected chi connectivity index (χ3v) is 3.95. The van der Waals surface area contributed by atoms with Crippen LogP contribution in [0, 0.1) is 0 Å². The van der Waals surface area contributed by atoms with E-state index in [-0.39, 0.29) is 18.5 Å². The van der Waals surface area contributed by atoms with Crippen LogP contribution in [0.1, 0.15) is 25.3 Å². The number of rotatable bonds is 6. The van der Waals surface area contributed by atoms with Crippen molar-refractivity contribution in [3.05, 3.63) is 59.2 Å². The Morgan fingerprint density at radius 3 is 2.87 bits per heavy atom. The Bertz CT molecular complexity index is 621. The first-order chi connectivity index (χ1) is 11.0. The molecule has 1 aromatic carbocycles. The number of hydrogen-bond donors (Lipinski definition) is 3. The SMILES string of the molecule is C=C(CO)C1=CCB(O)OC1CC/C(C)=C/c1ccccc1O. The van der Waals surface area contributed by atoms with Crippen LogP contribution >= 0.6 is 0 Å². The van der Waals surface area contributed by atoms with Gasteiger partial charge in [-0.3, -0.25) is 0 Å². The minimum atomic E-state index is -0.808. The standard InChI is InChI=1S/C18H23BO4/c1-13(11-15-5-3-4-6-17(15)21)7-8-18-16(14(2)12-20)9-10-19(22)23-18/h3-6,9,11,18,20-22H,2,7-8,10,12H2,1H3/b13-11+. The van der Waals surface area contributed by atoms with Crippen molar-refractivity contribution < 1.29 is 19.9 Å². The molecular weight excluding hydrogens is 291 g/mol. The van der Waals surface area contributed by atoms with Crippen molar-refractivity contribution in [2.45, 2.75) is 32.2 Å². The van der Waals surface area contributed by atoms with E-state index in [2.05, 4.69) is 6.58 Å². The van der Waals surface area contributed by atoms with Gasteiger partial charge in [0.05, 0.1) is 12.7 Å². The highest BCUT2D eigenvalue weighted by atomic mass is 16.5. The molecule has 0 bridgehead atoms. The Hall–Kier alpha value is -1.82. The van der Waals surface area contributed by atoms with Crippen molar-refractivity contribution in [1.82, 2.24) is 0 Å². The summed E-state index contributed by atoms with van der Waals surface area (Å²) in [5.41, 5.74) is 3.38. The number of phenolic OH excluding ortho intramolecular Hbond substituents is 1. The zero-order chi connectivity index (χ0) is 16.8. The highest BCUT2D eigenvalue weighted by Crippen LogP contribution is 2.28. The molecule has 0 saturated carbocycles. The molecule has 1 atom stereocenters. The highest BCUT2D eigenvalue weighted by Gasteiger charge is 2.27. The van der Waals surface area contributed by atoms with Crippen LogP contribution in [-0.2, 0) is 4.65 Å². The van der Waals surface area contributed by atoms with Gasteiger partial charge in [-0.05, 0) is 37.0 Å². The molecule has 1 aromatic rings. The van der Waals surface area contributed by atoms with Gasteiger partial charge in [-0.15, -0.1) is 0 Å². The van der Waals surface area contributed by atoms with Gasteiger partial charge in [0.1, 0.15) is 5.75 Å². The summed E-state index contributed by atoms with van der Waals surface area (Å²) in [6, 6.07) is 7.19. The summed E-state index contributed by atoms with van der Waals surface area (Å²) < 4.78 is 5.58. The zero-order valence-corrected chi connectivity index (χ0v) is 13.4. The van der Waals surface area contributed by atoms with Crippen LogP contribution in [0.3, 0.4) is 0 Å². The number of aliphatic hydroxyl groups excluding tert-OH is 1. The maximum Gasteiger partial charge on any atom is 0.458 e. The molecule has 0 radical (unpaired) electrons. The summed E-state index contributed by atoms with van der Waals surface area (Å²) in [6.45, 7) is 5.73. The smallest absolute Gasteiger partial charge is 0.458 e. The van der Waals surface area contributed by atoms with Crippen LogP contribution in [0.15, 0.2) is 53.6 Å². The third kappa shape index (κ3) is 4.83. The predicted molar refractivity (Wildman–Crippen MR) is 93.0 cm³/mol. The maximum atomic E-state index is 9.81.